The zero-order valence-electron chi connectivity index (χ0n) is 44.7. The fraction of sp³-hybridized carbons (Fsp3) is 0.967. The van der Waals surface area contributed by atoms with Crippen LogP contribution in [0.1, 0.15) is 223 Å². The van der Waals surface area contributed by atoms with Crippen molar-refractivity contribution >= 4 is 11.9 Å². The van der Waals surface area contributed by atoms with E-state index in [1.165, 1.54) is 128 Å². The van der Waals surface area contributed by atoms with E-state index in [-0.39, 0.29) is 37.2 Å². The molecule has 0 aromatic rings. The summed E-state index contributed by atoms with van der Waals surface area (Å²) in [4.78, 5) is 27.3. The molecular weight excluding hydrogens is 799 g/mol. The van der Waals surface area contributed by atoms with E-state index in [4.69, 9.17) is 9.47 Å². The molecule has 372 valence electrons. The van der Waals surface area contributed by atoms with Gasteiger partial charge in [0.25, 0.3) is 0 Å². The highest BCUT2D eigenvalue weighted by Gasteiger charge is 2.62. The highest BCUT2D eigenvalue weighted by Crippen LogP contribution is 2.70. The Labute approximate surface area is 401 Å². The third-order valence-electron chi connectivity index (χ3n) is 23.3. The number of esters is 2. The number of carbonyl (C=O) groups excluding carboxylic acids is 2. The molecule has 8 rings (SSSR count). The molecule has 65 heavy (non-hydrogen) atoms. The molecule has 8 saturated carbocycles. The minimum absolute atomic E-state index is 0.0169. The first-order valence-electron chi connectivity index (χ1n) is 28.9. The van der Waals surface area contributed by atoms with Crippen molar-refractivity contribution < 1.29 is 23.5 Å². The van der Waals surface area contributed by atoms with Gasteiger partial charge < -0.3 is 14.0 Å². The van der Waals surface area contributed by atoms with Crippen molar-refractivity contribution in [1.29, 1.82) is 0 Å². The van der Waals surface area contributed by atoms with Crippen molar-refractivity contribution in [1.82, 2.24) is 0 Å². The molecule has 5 heteroatoms. The van der Waals surface area contributed by atoms with Crippen LogP contribution in [0, 0.1) is 105 Å². The van der Waals surface area contributed by atoms with E-state index < -0.39 is 0 Å². The number of likely N-dealkylation sites (N-methyl/N-ethyl adjacent to an activating group) is 1. The van der Waals surface area contributed by atoms with E-state index in [1.54, 1.807) is 0 Å². The average molecular weight is 903 g/mol. The monoisotopic (exact) mass is 903 g/mol. The van der Waals surface area contributed by atoms with Gasteiger partial charge in [-0.3, -0.25) is 0 Å². The molecule has 0 unspecified atom stereocenters. The predicted molar refractivity (Wildman–Crippen MR) is 268 cm³/mol. The highest BCUT2D eigenvalue weighted by atomic mass is 16.6. The number of hydrogen-bond acceptors (Lipinski definition) is 4. The van der Waals surface area contributed by atoms with Gasteiger partial charge in [0.05, 0.1) is 14.1 Å². The average Bonchev–Trinajstić information content (AvgIpc) is 3.77. The number of nitrogens with zero attached hydrogens (tertiary/aromatic N) is 1. The van der Waals surface area contributed by atoms with Crippen LogP contribution in [-0.2, 0) is 19.1 Å². The van der Waals surface area contributed by atoms with Crippen LogP contribution in [0.25, 0.3) is 0 Å². The van der Waals surface area contributed by atoms with Crippen LogP contribution < -0.4 is 0 Å². The van der Waals surface area contributed by atoms with E-state index in [1.807, 2.05) is 14.1 Å². The minimum Gasteiger partial charge on any atom is -0.458 e. The van der Waals surface area contributed by atoms with E-state index in [9.17, 15) is 9.59 Å². The Morgan fingerprint density at radius 3 is 1.23 bits per heavy atom. The fourth-order valence-electron chi connectivity index (χ4n) is 19.9. The van der Waals surface area contributed by atoms with Gasteiger partial charge in [0.15, 0.2) is 13.1 Å². The molecule has 8 aliphatic carbocycles. The molecule has 0 aromatic heterocycles. The van der Waals surface area contributed by atoms with Crippen LogP contribution in [0.2, 0.25) is 0 Å². The summed E-state index contributed by atoms with van der Waals surface area (Å²) in [7, 11) is 4.02. The van der Waals surface area contributed by atoms with Gasteiger partial charge in [0.1, 0.15) is 12.2 Å². The summed E-state index contributed by atoms with van der Waals surface area (Å²) >= 11 is 0. The summed E-state index contributed by atoms with van der Waals surface area (Å²) in [6, 6.07) is 0. The second-order valence-corrected chi connectivity index (χ2v) is 28.4. The van der Waals surface area contributed by atoms with E-state index >= 15 is 0 Å². The number of rotatable bonds is 16. The molecule has 0 amide bonds. The van der Waals surface area contributed by atoms with Crippen LogP contribution in [-0.4, -0.2) is 55.8 Å². The lowest BCUT2D eigenvalue weighted by molar-refractivity contribution is -0.875. The second-order valence-electron chi connectivity index (χ2n) is 28.4. The molecule has 18 atom stereocenters. The van der Waals surface area contributed by atoms with Gasteiger partial charge in [-0.1, -0.05) is 108 Å². The van der Waals surface area contributed by atoms with Crippen LogP contribution in [0.5, 0.6) is 0 Å². The number of carbonyl (C=O) groups is 2. The number of quaternary nitrogens is 1. The van der Waals surface area contributed by atoms with Crippen molar-refractivity contribution in [3.8, 4) is 0 Å². The third-order valence-corrected chi connectivity index (χ3v) is 23.3. The first kappa shape index (κ1) is 50.3. The van der Waals surface area contributed by atoms with Crippen LogP contribution in [0.15, 0.2) is 0 Å². The molecule has 5 nitrogen and oxygen atoms in total. The molecule has 0 radical (unpaired) electrons. The van der Waals surface area contributed by atoms with Gasteiger partial charge >= 0.3 is 11.9 Å². The molecule has 0 aliphatic heterocycles. The predicted octanol–water partition coefficient (Wildman–Crippen LogP) is 15.1. The number of fused-ring (bicyclic) bond motifs is 10. The lowest BCUT2D eigenvalue weighted by atomic mass is 9.44. The van der Waals surface area contributed by atoms with Crippen LogP contribution in [0.4, 0.5) is 0 Å². The minimum atomic E-state index is -0.138. The first-order chi connectivity index (χ1) is 30.7. The highest BCUT2D eigenvalue weighted by molar-refractivity contribution is 5.73. The molecule has 0 aromatic carbocycles. The topological polar surface area (TPSA) is 52.6 Å². The Kier molecular flexibility index (Phi) is 15.2. The lowest BCUT2D eigenvalue weighted by Gasteiger charge is -2.61. The van der Waals surface area contributed by atoms with Gasteiger partial charge in [0, 0.05) is 0 Å². The quantitative estimate of drug-likeness (QED) is 0.114. The molecular formula is C60H104NO4+. The van der Waals surface area contributed by atoms with Crippen LogP contribution in [0.3, 0.4) is 0 Å². The standard InChI is InChI=1S/C60H104NO4/c1-39(2)15-13-17-41(5)49-23-25-51-47-21-19-43-35-45(27-31-57(43,7)53(47)29-33-59(49,51)9)64-55(62)37-61(11,12)38-56(63)65-46-28-32-58(8)44(36-46)20-22-48-52-26-24-50(42(6)18-14-16-40(3)4)60(52,10)34-30-54(48)58/h39-54H,13-38H2,1-12H3/q+1/t41-,42-,43+,44+,45+,46+,47+,48+,49-,50-,51+,52+,53+,54+,57+,58+,59-,60-/m1/s1. The second kappa shape index (κ2) is 19.6. The first-order valence-corrected chi connectivity index (χ1v) is 28.9. The van der Waals surface area contributed by atoms with Crippen molar-refractivity contribution in [2.24, 2.45) is 105 Å². The maximum absolute atomic E-state index is 13.6. The molecule has 0 bridgehead atoms. The Morgan fingerprint density at radius 1 is 0.477 bits per heavy atom. The summed E-state index contributed by atoms with van der Waals surface area (Å²) in [6.45, 7) is 25.9. The summed E-state index contributed by atoms with van der Waals surface area (Å²) in [5, 5.41) is 0. The SMILES string of the molecule is CC(C)CCC[C@@H](C)[C@H]1CC[C@H]2[C@@H]3CC[C@H]4C[C@@H](OC(=O)C[N+](C)(C)CC(=O)O[C@H]5CC[C@@]6(C)[C@@H](CC[C@@H]7[C@@H]6CC[C@]6(C)[C@@H]([C@H](C)CCCC(C)C)CC[C@@H]76)C5)CC[C@]4(C)[C@H]3CC[C@]12C. The molecule has 0 spiro atoms. The van der Waals surface area contributed by atoms with E-state index in [0.717, 1.165) is 96.7 Å². The molecule has 0 heterocycles. The van der Waals surface area contributed by atoms with Gasteiger partial charge in [-0.2, -0.15) is 0 Å². The summed E-state index contributed by atoms with van der Waals surface area (Å²) in [5.74, 6) is 11.5. The third kappa shape index (κ3) is 9.98. The van der Waals surface area contributed by atoms with Gasteiger partial charge in [0.2, 0.25) is 0 Å². The van der Waals surface area contributed by atoms with Crippen molar-refractivity contribution in [2.45, 2.75) is 236 Å². The summed E-state index contributed by atoms with van der Waals surface area (Å²) < 4.78 is 13.0. The van der Waals surface area contributed by atoms with Crippen molar-refractivity contribution in [2.75, 3.05) is 27.2 Å². The summed E-state index contributed by atoms with van der Waals surface area (Å²) in [6.07, 6.45) is 31.7. The Bertz CT molecular complexity index is 1520. The lowest BCUT2D eigenvalue weighted by Crippen LogP contribution is -2.55. The zero-order chi connectivity index (χ0) is 46.7. The maximum Gasteiger partial charge on any atom is 0.362 e. The zero-order valence-corrected chi connectivity index (χ0v) is 44.7. The van der Waals surface area contributed by atoms with Crippen molar-refractivity contribution in [3.05, 3.63) is 0 Å². The Morgan fingerprint density at radius 2 is 0.846 bits per heavy atom. The smallest absolute Gasteiger partial charge is 0.362 e. The molecule has 0 N–H and O–H groups in total. The summed E-state index contributed by atoms with van der Waals surface area (Å²) in [5.41, 5.74) is 1.83. The molecule has 8 fully saturated rings. The maximum atomic E-state index is 13.6. The Balaban J connectivity index is 0.775. The van der Waals surface area contributed by atoms with Gasteiger partial charge in [-0.15, -0.1) is 0 Å². The number of ether oxygens (including phenoxy) is 2. The van der Waals surface area contributed by atoms with E-state index in [0.29, 0.717) is 38.0 Å². The Hall–Kier alpha value is -1.10. The largest absolute Gasteiger partial charge is 0.458 e. The van der Waals surface area contributed by atoms with Gasteiger partial charge in [-0.25, -0.2) is 9.59 Å². The van der Waals surface area contributed by atoms with E-state index in [2.05, 4.69) is 69.2 Å². The van der Waals surface area contributed by atoms with Gasteiger partial charge in [-0.05, 0) is 220 Å². The molecule has 8 aliphatic rings. The normalized spacial score (nSPS) is 44.5. The van der Waals surface area contributed by atoms with Crippen LogP contribution >= 0.6 is 0 Å². The number of hydrogen-bond donors (Lipinski definition) is 0. The fourth-order valence-corrected chi connectivity index (χ4v) is 19.9. The van der Waals surface area contributed by atoms with Crippen molar-refractivity contribution in [3.63, 3.8) is 0 Å². The molecule has 0 saturated heterocycles.